The minimum absolute atomic E-state index is 0.118. The van der Waals surface area contributed by atoms with Gasteiger partial charge in [-0.05, 0) is 13.8 Å². The second-order valence-electron chi connectivity index (χ2n) is 3.33. The quantitative estimate of drug-likeness (QED) is 0.473. The van der Waals surface area contributed by atoms with E-state index in [2.05, 4.69) is 10.6 Å². The fourth-order valence-corrected chi connectivity index (χ4v) is 0.863. The molecule has 0 unspecified atom stereocenters. The number of hydrogen-bond acceptors (Lipinski definition) is 3. The van der Waals surface area contributed by atoms with E-state index >= 15 is 0 Å². The SMILES string of the molecule is CC(C)NC(=O)N[C@@H](CC(N)=O)C(=O)O. The zero-order valence-corrected chi connectivity index (χ0v) is 8.61. The minimum atomic E-state index is -1.30. The largest absolute Gasteiger partial charge is 0.480 e. The van der Waals surface area contributed by atoms with Crippen LogP contribution in [0, 0.1) is 0 Å². The van der Waals surface area contributed by atoms with Gasteiger partial charge in [0.25, 0.3) is 0 Å². The normalized spacial score (nSPS) is 11.9. The number of carbonyl (C=O) groups is 3. The molecule has 0 aromatic rings. The van der Waals surface area contributed by atoms with Gasteiger partial charge < -0.3 is 21.5 Å². The molecule has 0 spiro atoms. The molecule has 1 atom stereocenters. The summed E-state index contributed by atoms with van der Waals surface area (Å²) in [6.45, 7) is 3.45. The lowest BCUT2D eigenvalue weighted by molar-refractivity contribution is -0.140. The van der Waals surface area contributed by atoms with Crippen molar-refractivity contribution in [1.82, 2.24) is 10.6 Å². The number of nitrogens with one attached hydrogen (secondary N) is 2. The maximum Gasteiger partial charge on any atom is 0.326 e. The Kier molecular flexibility index (Phi) is 5.14. The number of aliphatic carboxylic acids is 1. The molecule has 0 fully saturated rings. The molecular formula is C8H15N3O4. The Morgan fingerprint density at radius 3 is 2.13 bits per heavy atom. The molecule has 86 valence electrons. The van der Waals surface area contributed by atoms with E-state index in [1.807, 2.05) is 0 Å². The summed E-state index contributed by atoms with van der Waals surface area (Å²) >= 11 is 0. The molecule has 0 aliphatic rings. The third-order valence-corrected chi connectivity index (χ3v) is 1.43. The Labute approximate surface area is 87.0 Å². The van der Waals surface area contributed by atoms with Gasteiger partial charge in [-0.15, -0.1) is 0 Å². The van der Waals surface area contributed by atoms with Crippen molar-refractivity contribution in [2.24, 2.45) is 5.73 Å². The van der Waals surface area contributed by atoms with Crippen LogP contribution in [0.2, 0.25) is 0 Å². The number of hydrogen-bond donors (Lipinski definition) is 4. The molecule has 15 heavy (non-hydrogen) atoms. The molecule has 0 rings (SSSR count). The van der Waals surface area contributed by atoms with E-state index in [1.165, 1.54) is 0 Å². The third-order valence-electron chi connectivity index (χ3n) is 1.43. The minimum Gasteiger partial charge on any atom is -0.480 e. The number of primary amides is 1. The number of carboxylic acid groups (broad SMARTS) is 1. The molecule has 0 bridgehead atoms. The fourth-order valence-electron chi connectivity index (χ4n) is 0.863. The number of nitrogens with two attached hydrogens (primary N) is 1. The first-order valence-electron chi connectivity index (χ1n) is 4.41. The summed E-state index contributed by atoms with van der Waals surface area (Å²) < 4.78 is 0. The van der Waals surface area contributed by atoms with Gasteiger partial charge in [0.1, 0.15) is 6.04 Å². The number of carboxylic acids is 1. The zero-order chi connectivity index (χ0) is 12.0. The summed E-state index contributed by atoms with van der Waals surface area (Å²) in [5.41, 5.74) is 4.83. The number of urea groups is 1. The standard InChI is InChI=1S/C8H15N3O4/c1-4(2)10-8(15)11-5(7(13)14)3-6(9)12/h4-5H,3H2,1-2H3,(H2,9,12)(H,13,14)(H2,10,11,15)/t5-/m0/s1. The fraction of sp³-hybridized carbons (Fsp3) is 0.625. The Morgan fingerprint density at radius 1 is 1.27 bits per heavy atom. The molecule has 0 heterocycles. The molecule has 5 N–H and O–H groups in total. The van der Waals surface area contributed by atoms with Crippen LogP contribution in [0.4, 0.5) is 4.79 Å². The van der Waals surface area contributed by atoms with Gasteiger partial charge in [-0.2, -0.15) is 0 Å². The predicted molar refractivity (Wildman–Crippen MR) is 52.0 cm³/mol. The molecule has 0 aromatic heterocycles. The number of amides is 3. The van der Waals surface area contributed by atoms with Gasteiger partial charge in [0.2, 0.25) is 5.91 Å². The molecule has 0 saturated carbocycles. The summed E-state index contributed by atoms with van der Waals surface area (Å²) in [6, 6.07) is -2.05. The van der Waals surface area contributed by atoms with Gasteiger partial charge in [-0.25, -0.2) is 9.59 Å². The molecule has 0 saturated heterocycles. The summed E-state index contributed by atoms with van der Waals surface area (Å²) in [4.78, 5) is 32.2. The molecule has 0 aliphatic carbocycles. The topological polar surface area (TPSA) is 122 Å². The van der Waals surface area contributed by atoms with Crippen molar-refractivity contribution in [2.45, 2.75) is 32.4 Å². The lowest BCUT2D eigenvalue weighted by atomic mass is 10.2. The lowest BCUT2D eigenvalue weighted by Crippen LogP contribution is -2.49. The monoisotopic (exact) mass is 217 g/mol. The van der Waals surface area contributed by atoms with Crippen molar-refractivity contribution >= 4 is 17.9 Å². The van der Waals surface area contributed by atoms with E-state index in [9.17, 15) is 14.4 Å². The Bertz CT molecular complexity index is 265. The molecular weight excluding hydrogens is 202 g/mol. The van der Waals surface area contributed by atoms with E-state index in [0.29, 0.717) is 0 Å². The van der Waals surface area contributed by atoms with Crippen LogP contribution in [0.15, 0.2) is 0 Å². The van der Waals surface area contributed by atoms with Gasteiger partial charge in [0.15, 0.2) is 0 Å². The highest BCUT2D eigenvalue weighted by molar-refractivity contribution is 5.87. The van der Waals surface area contributed by atoms with Crippen molar-refractivity contribution in [1.29, 1.82) is 0 Å². The highest BCUT2D eigenvalue weighted by Gasteiger charge is 2.21. The second kappa shape index (κ2) is 5.84. The van der Waals surface area contributed by atoms with Crippen LogP contribution in [-0.2, 0) is 9.59 Å². The van der Waals surface area contributed by atoms with Crippen molar-refractivity contribution in [3.63, 3.8) is 0 Å². The highest BCUT2D eigenvalue weighted by Crippen LogP contribution is 1.91. The average Bonchev–Trinajstić information content (AvgIpc) is 1.99. The smallest absolute Gasteiger partial charge is 0.326 e. The summed E-state index contributed by atoms with van der Waals surface area (Å²) in [7, 11) is 0. The molecule has 0 aromatic carbocycles. The van der Waals surface area contributed by atoms with Gasteiger partial charge in [0.05, 0.1) is 6.42 Å². The molecule has 0 aliphatic heterocycles. The first-order chi connectivity index (χ1) is 6.82. The van der Waals surface area contributed by atoms with Crippen LogP contribution in [0.25, 0.3) is 0 Å². The maximum atomic E-state index is 11.1. The van der Waals surface area contributed by atoms with Crippen LogP contribution < -0.4 is 16.4 Å². The van der Waals surface area contributed by atoms with Crippen LogP contribution in [0.5, 0.6) is 0 Å². The van der Waals surface area contributed by atoms with Gasteiger partial charge in [0, 0.05) is 6.04 Å². The number of rotatable bonds is 5. The van der Waals surface area contributed by atoms with Gasteiger partial charge in [-0.3, -0.25) is 4.79 Å². The molecule has 7 heteroatoms. The van der Waals surface area contributed by atoms with E-state index in [1.54, 1.807) is 13.8 Å². The Balaban J connectivity index is 4.22. The summed E-state index contributed by atoms with van der Waals surface area (Å²) in [5, 5.41) is 13.2. The van der Waals surface area contributed by atoms with Crippen LogP contribution >= 0.6 is 0 Å². The Morgan fingerprint density at radius 2 is 1.80 bits per heavy atom. The van der Waals surface area contributed by atoms with Crippen molar-refractivity contribution in [2.75, 3.05) is 0 Å². The predicted octanol–water partition coefficient (Wildman–Crippen LogP) is -0.977. The average molecular weight is 217 g/mol. The van der Waals surface area contributed by atoms with Gasteiger partial charge in [-0.1, -0.05) is 0 Å². The van der Waals surface area contributed by atoms with Gasteiger partial charge >= 0.3 is 12.0 Å². The van der Waals surface area contributed by atoms with Crippen molar-refractivity contribution in [3.8, 4) is 0 Å². The van der Waals surface area contributed by atoms with Crippen molar-refractivity contribution < 1.29 is 19.5 Å². The summed E-state index contributed by atoms with van der Waals surface area (Å²) in [6.07, 6.45) is -0.430. The van der Waals surface area contributed by atoms with E-state index in [4.69, 9.17) is 10.8 Å². The van der Waals surface area contributed by atoms with E-state index in [0.717, 1.165) is 0 Å². The van der Waals surface area contributed by atoms with Crippen LogP contribution in [0.3, 0.4) is 0 Å². The van der Waals surface area contributed by atoms with E-state index in [-0.39, 0.29) is 6.04 Å². The first kappa shape index (κ1) is 13.2. The first-order valence-corrected chi connectivity index (χ1v) is 4.41. The van der Waals surface area contributed by atoms with Crippen LogP contribution in [-0.4, -0.2) is 35.1 Å². The lowest BCUT2D eigenvalue weighted by Gasteiger charge is -2.15. The Hall–Kier alpha value is -1.79. The molecule has 7 nitrogen and oxygen atoms in total. The maximum absolute atomic E-state index is 11.1. The van der Waals surface area contributed by atoms with E-state index < -0.39 is 30.4 Å². The van der Waals surface area contributed by atoms with Crippen LogP contribution in [0.1, 0.15) is 20.3 Å². The second-order valence-corrected chi connectivity index (χ2v) is 3.33. The molecule has 3 amide bonds. The number of carbonyl (C=O) groups excluding carboxylic acids is 2. The third kappa shape index (κ3) is 6.30. The van der Waals surface area contributed by atoms with Crippen molar-refractivity contribution in [3.05, 3.63) is 0 Å². The molecule has 0 radical (unpaired) electrons. The zero-order valence-electron chi connectivity index (χ0n) is 8.61. The summed E-state index contributed by atoms with van der Waals surface area (Å²) in [5.74, 6) is -2.08. The highest BCUT2D eigenvalue weighted by atomic mass is 16.4.